The number of fused-ring (bicyclic) bond motifs is 1. The van der Waals surface area contributed by atoms with E-state index >= 15 is 0 Å². The number of aryl methyl sites for hydroxylation is 1. The Morgan fingerprint density at radius 1 is 0.824 bits per heavy atom. The molecule has 0 spiro atoms. The van der Waals surface area contributed by atoms with Crippen LogP contribution >= 0.6 is 11.6 Å². The molecular formula is C31H46ClN11O8. The van der Waals surface area contributed by atoms with Gasteiger partial charge in [-0.25, -0.2) is 0 Å². The molecule has 51 heavy (non-hydrogen) atoms. The number of nitrogens with one attached hydrogen (secondary N) is 3. The van der Waals surface area contributed by atoms with Crippen molar-refractivity contribution in [3.8, 4) is 5.88 Å². The van der Waals surface area contributed by atoms with Crippen molar-refractivity contribution in [3.63, 3.8) is 0 Å². The molecule has 1 aliphatic rings. The highest BCUT2D eigenvalue weighted by molar-refractivity contribution is 6.35. The average Bonchev–Trinajstić information content (AvgIpc) is 3.68. The summed E-state index contributed by atoms with van der Waals surface area (Å²) in [6, 6.07) is 0. The summed E-state index contributed by atoms with van der Waals surface area (Å²) in [5, 5.41) is 39.7. The summed E-state index contributed by atoms with van der Waals surface area (Å²) in [6.45, 7) is 3.30. The Bertz CT molecular complexity index is 1590. The molecule has 19 nitrogen and oxygen atoms in total. The predicted molar refractivity (Wildman–Crippen MR) is 186 cm³/mol. The van der Waals surface area contributed by atoms with Crippen molar-refractivity contribution in [2.24, 2.45) is 0 Å². The highest BCUT2D eigenvalue weighted by Crippen LogP contribution is 2.30. The number of H-pyrrole nitrogens is 1. The lowest BCUT2D eigenvalue weighted by atomic mass is 10.2. The van der Waals surface area contributed by atoms with E-state index in [0.29, 0.717) is 99.0 Å². The molecule has 1 aliphatic heterocycles. The number of carbonyl (C=O) groups is 4. The Hall–Kier alpha value is -4.56. The van der Waals surface area contributed by atoms with Crippen LogP contribution in [0.25, 0.3) is 11.0 Å². The van der Waals surface area contributed by atoms with Crippen molar-refractivity contribution in [1.82, 2.24) is 49.6 Å². The third-order valence-electron chi connectivity index (χ3n) is 8.29. The van der Waals surface area contributed by atoms with E-state index in [-0.39, 0.29) is 32.1 Å². The number of aliphatic carboxylic acids is 3. The van der Waals surface area contributed by atoms with Crippen LogP contribution < -0.4 is 15.4 Å². The van der Waals surface area contributed by atoms with Crippen LogP contribution in [0.1, 0.15) is 19.3 Å². The molecule has 1 saturated heterocycles. The number of aromatic amines is 1. The number of methoxy groups -OCH3 is 1. The third-order valence-corrected chi connectivity index (χ3v) is 8.59. The smallest absolute Gasteiger partial charge is 0.317 e. The first-order valence-corrected chi connectivity index (χ1v) is 17.1. The molecule has 3 aromatic rings. The molecular weight excluding hydrogens is 690 g/mol. The first-order chi connectivity index (χ1) is 24.5. The van der Waals surface area contributed by atoms with Crippen LogP contribution in [0.2, 0.25) is 5.02 Å². The van der Waals surface area contributed by atoms with Gasteiger partial charge in [0, 0.05) is 77.8 Å². The lowest BCUT2D eigenvalue weighted by Crippen LogP contribution is -2.49. The lowest BCUT2D eigenvalue weighted by Gasteiger charge is -2.32. The van der Waals surface area contributed by atoms with Crippen molar-refractivity contribution in [2.75, 3.05) is 97.5 Å². The van der Waals surface area contributed by atoms with Crippen LogP contribution in [0.4, 0.5) is 11.6 Å². The van der Waals surface area contributed by atoms with Crippen LogP contribution in [0, 0.1) is 0 Å². The Balaban J connectivity index is 1.21. The molecule has 0 saturated carbocycles. The molecule has 4 rings (SSSR count). The number of halogens is 1. The van der Waals surface area contributed by atoms with Crippen LogP contribution in [0.5, 0.6) is 5.88 Å². The minimum absolute atomic E-state index is 0.0788. The molecule has 0 aliphatic carbocycles. The Labute approximate surface area is 299 Å². The second kappa shape index (κ2) is 19.7. The van der Waals surface area contributed by atoms with E-state index < -0.39 is 17.9 Å². The van der Waals surface area contributed by atoms with Crippen LogP contribution in [-0.4, -0.2) is 176 Å². The van der Waals surface area contributed by atoms with Crippen molar-refractivity contribution < 1.29 is 39.2 Å². The summed E-state index contributed by atoms with van der Waals surface area (Å²) in [6.07, 6.45) is 7.60. The van der Waals surface area contributed by atoms with Crippen LogP contribution in [0.3, 0.4) is 0 Å². The Kier molecular flexibility index (Phi) is 15.2. The number of hydrogen-bond donors (Lipinski definition) is 6. The first-order valence-electron chi connectivity index (χ1n) is 16.7. The van der Waals surface area contributed by atoms with Crippen LogP contribution in [-0.2, 0) is 25.7 Å². The van der Waals surface area contributed by atoms with E-state index in [4.69, 9.17) is 16.3 Å². The van der Waals surface area contributed by atoms with E-state index in [0.717, 1.165) is 19.3 Å². The van der Waals surface area contributed by atoms with Gasteiger partial charge in [-0.15, -0.1) is 0 Å². The molecule has 4 heterocycles. The number of rotatable bonds is 17. The van der Waals surface area contributed by atoms with Gasteiger partial charge in [-0.2, -0.15) is 15.1 Å². The van der Waals surface area contributed by atoms with Gasteiger partial charge in [0.1, 0.15) is 5.65 Å². The van der Waals surface area contributed by atoms with Gasteiger partial charge >= 0.3 is 17.9 Å². The monoisotopic (exact) mass is 735 g/mol. The molecule has 20 heteroatoms. The number of amides is 1. The second-order valence-electron chi connectivity index (χ2n) is 12.2. The van der Waals surface area contributed by atoms with Gasteiger partial charge in [-0.3, -0.25) is 43.5 Å². The number of carbonyl (C=O) groups excluding carboxylic acids is 1. The standard InChI is InChI=1S/C31H46ClN11O8/c1-51-30-28-23(32)16-34-29(28)37-31(38-30)36-22-15-35-43(17-22)6-4-2-3-5-33-24(44)18-39-7-9-40(19-25(45)46)11-13-42(21-27(49)50)14-12-41(10-8-39)20-26(47)48/h15-17H,2-14,18-21H2,1H3,(H,33,44)(H,45,46)(H,47,48)(H,49,50)(H2,34,36,37,38). The summed E-state index contributed by atoms with van der Waals surface area (Å²) < 4.78 is 7.17. The number of unbranched alkanes of at least 4 members (excludes halogenated alkanes) is 2. The van der Waals surface area contributed by atoms with E-state index in [1.807, 2.05) is 15.8 Å². The quantitative estimate of drug-likeness (QED) is 0.102. The number of aromatic nitrogens is 5. The molecule has 280 valence electrons. The molecule has 0 aromatic carbocycles. The summed E-state index contributed by atoms with van der Waals surface area (Å²) in [5.74, 6) is -2.50. The van der Waals surface area contributed by atoms with Gasteiger partial charge in [0.2, 0.25) is 17.7 Å². The SMILES string of the molecule is COc1nc(Nc2cnn(CCCCCNC(=O)CN3CCN(CC(=O)O)CCN(CC(=O)O)CCN(CC(=O)O)CC3)c2)nc2[nH]cc(Cl)c12. The maximum absolute atomic E-state index is 12.9. The summed E-state index contributed by atoms with van der Waals surface area (Å²) in [4.78, 5) is 66.1. The maximum atomic E-state index is 12.9. The van der Waals surface area contributed by atoms with Crippen LogP contribution in [0.15, 0.2) is 18.6 Å². The largest absolute Gasteiger partial charge is 0.480 e. The lowest BCUT2D eigenvalue weighted by molar-refractivity contribution is -0.140. The van der Waals surface area contributed by atoms with E-state index in [2.05, 4.69) is 30.7 Å². The molecule has 0 bridgehead atoms. The fraction of sp³-hybridized carbons (Fsp3) is 0.581. The fourth-order valence-electron chi connectivity index (χ4n) is 5.69. The van der Waals surface area contributed by atoms with E-state index in [9.17, 15) is 34.5 Å². The number of carboxylic acid groups (broad SMARTS) is 3. The summed E-state index contributed by atoms with van der Waals surface area (Å²) in [5.41, 5.74) is 1.25. The zero-order chi connectivity index (χ0) is 36.8. The minimum atomic E-state index is -1.01. The van der Waals surface area contributed by atoms with Crippen molar-refractivity contribution in [2.45, 2.75) is 25.8 Å². The molecule has 3 aromatic heterocycles. The molecule has 0 unspecified atom stereocenters. The predicted octanol–water partition coefficient (Wildman–Crippen LogP) is 0.322. The molecule has 0 radical (unpaired) electrons. The molecule has 6 N–H and O–H groups in total. The van der Waals surface area contributed by atoms with Gasteiger partial charge in [0.05, 0.1) is 55.6 Å². The number of hydrogen-bond acceptors (Lipinski definition) is 13. The molecule has 0 atom stereocenters. The molecule has 1 fully saturated rings. The number of anilines is 2. The number of carboxylic acids is 3. The zero-order valence-corrected chi connectivity index (χ0v) is 29.3. The highest BCUT2D eigenvalue weighted by atomic mass is 35.5. The summed E-state index contributed by atoms with van der Waals surface area (Å²) >= 11 is 6.19. The van der Waals surface area contributed by atoms with Gasteiger partial charge < -0.3 is 35.7 Å². The van der Waals surface area contributed by atoms with Gasteiger partial charge in [0.15, 0.2) is 0 Å². The normalized spacial score (nSPS) is 16.0. The maximum Gasteiger partial charge on any atom is 0.317 e. The van der Waals surface area contributed by atoms with Gasteiger partial charge in [-0.1, -0.05) is 11.6 Å². The third kappa shape index (κ3) is 13.3. The van der Waals surface area contributed by atoms with Gasteiger partial charge in [0.25, 0.3) is 0 Å². The van der Waals surface area contributed by atoms with E-state index in [1.54, 1.807) is 27.1 Å². The zero-order valence-electron chi connectivity index (χ0n) is 28.6. The second-order valence-corrected chi connectivity index (χ2v) is 12.6. The fourth-order valence-corrected chi connectivity index (χ4v) is 5.92. The topological polar surface area (TPSA) is 235 Å². The van der Waals surface area contributed by atoms with Crippen molar-refractivity contribution in [1.29, 1.82) is 0 Å². The number of nitrogens with zero attached hydrogens (tertiary/aromatic N) is 8. The Morgan fingerprint density at radius 3 is 1.90 bits per heavy atom. The Morgan fingerprint density at radius 2 is 1.37 bits per heavy atom. The van der Waals surface area contributed by atoms with Crippen molar-refractivity contribution in [3.05, 3.63) is 23.6 Å². The van der Waals surface area contributed by atoms with Crippen molar-refractivity contribution >= 4 is 58.1 Å². The first kappa shape index (κ1) is 39.2. The molecule has 1 amide bonds. The average molecular weight is 736 g/mol. The van der Waals surface area contributed by atoms with Gasteiger partial charge in [-0.05, 0) is 19.3 Å². The minimum Gasteiger partial charge on any atom is -0.480 e. The number of ether oxygens (including phenoxy) is 1. The highest BCUT2D eigenvalue weighted by Gasteiger charge is 2.21. The summed E-state index contributed by atoms with van der Waals surface area (Å²) in [7, 11) is 1.51. The van der Waals surface area contributed by atoms with E-state index in [1.165, 1.54) is 7.11 Å².